The maximum atomic E-state index is 13.6. The van der Waals surface area contributed by atoms with E-state index in [0.29, 0.717) is 33.3 Å². The molecule has 0 saturated heterocycles. The molecule has 0 amide bonds. The molecule has 0 N–H and O–H groups in total. The molecular formula is C30H21NO3. The number of esters is 1. The van der Waals surface area contributed by atoms with Crippen molar-refractivity contribution in [2.24, 2.45) is 0 Å². The Balaban J connectivity index is 1.66. The van der Waals surface area contributed by atoms with Crippen LogP contribution in [-0.2, 0) is 4.74 Å². The largest absolute Gasteiger partial charge is 0.454 e. The number of Topliss-reactive ketones (excluding diaryl/α,β-unsaturated/α-hetero) is 1. The van der Waals surface area contributed by atoms with Crippen LogP contribution >= 0.6 is 0 Å². The van der Waals surface area contributed by atoms with Crippen LogP contribution < -0.4 is 0 Å². The number of ether oxygens (including phenoxy) is 1. The highest BCUT2D eigenvalue weighted by Gasteiger charge is 2.24. The summed E-state index contributed by atoms with van der Waals surface area (Å²) in [6.07, 6.45) is 0. The van der Waals surface area contributed by atoms with E-state index in [-0.39, 0.29) is 12.4 Å². The van der Waals surface area contributed by atoms with Crippen LogP contribution in [0.5, 0.6) is 0 Å². The Morgan fingerprint density at radius 3 is 1.88 bits per heavy atom. The predicted octanol–water partition coefficient (Wildman–Crippen LogP) is 6.61. The molecule has 0 fully saturated rings. The third kappa shape index (κ3) is 4.21. The summed E-state index contributed by atoms with van der Waals surface area (Å²) in [6, 6.07) is 35.8. The van der Waals surface area contributed by atoms with E-state index < -0.39 is 5.97 Å². The molecule has 5 aromatic rings. The van der Waals surface area contributed by atoms with Gasteiger partial charge in [-0.1, -0.05) is 109 Å². The first-order valence-corrected chi connectivity index (χ1v) is 11.0. The van der Waals surface area contributed by atoms with Crippen LogP contribution in [0.2, 0.25) is 0 Å². The Labute approximate surface area is 197 Å². The van der Waals surface area contributed by atoms with E-state index in [1.54, 1.807) is 24.3 Å². The van der Waals surface area contributed by atoms with Crippen LogP contribution in [0, 0.1) is 0 Å². The quantitative estimate of drug-likeness (QED) is 0.219. The second-order valence-electron chi connectivity index (χ2n) is 7.82. The van der Waals surface area contributed by atoms with Gasteiger partial charge in [0.05, 0.1) is 16.8 Å². The summed E-state index contributed by atoms with van der Waals surface area (Å²) in [6.45, 7) is -0.339. The average molecular weight is 444 g/mol. The zero-order valence-corrected chi connectivity index (χ0v) is 18.3. The molecule has 0 bridgehead atoms. The van der Waals surface area contributed by atoms with Crippen molar-refractivity contribution in [1.29, 1.82) is 0 Å². The molecule has 0 radical (unpaired) electrons. The molecule has 0 aliphatic rings. The Morgan fingerprint density at radius 1 is 0.647 bits per heavy atom. The number of carbonyl (C=O) groups excluding carboxylic acids is 2. The summed E-state index contributed by atoms with van der Waals surface area (Å²) in [5, 5.41) is 0.679. The van der Waals surface area contributed by atoms with Crippen LogP contribution in [0.15, 0.2) is 115 Å². The van der Waals surface area contributed by atoms with Gasteiger partial charge in [-0.05, 0) is 11.6 Å². The highest BCUT2D eigenvalue weighted by molar-refractivity contribution is 6.12. The summed E-state index contributed by atoms with van der Waals surface area (Å²) in [4.78, 5) is 31.1. The first-order valence-electron chi connectivity index (χ1n) is 11.0. The Bertz CT molecular complexity index is 1460. The van der Waals surface area contributed by atoms with E-state index in [2.05, 4.69) is 0 Å². The average Bonchev–Trinajstić information content (AvgIpc) is 2.92. The molecule has 5 rings (SSSR count). The number of hydrogen-bond acceptors (Lipinski definition) is 4. The molecule has 4 aromatic carbocycles. The van der Waals surface area contributed by atoms with Crippen molar-refractivity contribution in [2.45, 2.75) is 0 Å². The van der Waals surface area contributed by atoms with Crippen molar-refractivity contribution in [2.75, 3.05) is 6.61 Å². The number of rotatable bonds is 6. The summed E-state index contributed by atoms with van der Waals surface area (Å²) in [7, 11) is 0. The number of benzene rings is 4. The van der Waals surface area contributed by atoms with E-state index >= 15 is 0 Å². The lowest BCUT2D eigenvalue weighted by molar-refractivity contribution is 0.0477. The van der Waals surface area contributed by atoms with E-state index in [1.807, 2.05) is 91.0 Å². The monoisotopic (exact) mass is 443 g/mol. The number of fused-ring (bicyclic) bond motifs is 1. The van der Waals surface area contributed by atoms with Crippen molar-refractivity contribution in [1.82, 2.24) is 4.98 Å². The molecule has 0 aliphatic carbocycles. The molecule has 4 heteroatoms. The lowest BCUT2D eigenvalue weighted by atomic mass is 9.92. The van der Waals surface area contributed by atoms with Crippen LogP contribution in [0.3, 0.4) is 0 Å². The first-order chi connectivity index (χ1) is 16.7. The van der Waals surface area contributed by atoms with Crippen molar-refractivity contribution in [3.63, 3.8) is 0 Å². The molecule has 4 nitrogen and oxygen atoms in total. The summed E-state index contributed by atoms with van der Waals surface area (Å²) >= 11 is 0. The van der Waals surface area contributed by atoms with Gasteiger partial charge < -0.3 is 4.74 Å². The van der Waals surface area contributed by atoms with Crippen LogP contribution in [0.1, 0.15) is 20.7 Å². The number of aromatic nitrogens is 1. The number of nitrogens with zero attached hydrogens (tertiary/aromatic N) is 1. The second-order valence-corrected chi connectivity index (χ2v) is 7.82. The van der Waals surface area contributed by atoms with Gasteiger partial charge in [-0.3, -0.25) is 4.79 Å². The Hall–Kier alpha value is -4.57. The van der Waals surface area contributed by atoms with E-state index in [1.165, 1.54) is 0 Å². The highest BCUT2D eigenvalue weighted by Crippen LogP contribution is 2.38. The number of pyridine rings is 1. The number of ketones is 1. The zero-order chi connectivity index (χ0) is 23.3. The van der Waals surface area contributed by atoms with Crippen LogP contribution in [0.4, 0.5) is 0 Å². The van der Waals surface area contributed by atoms with Gasteiger partial charge in [0.15, 0.2) is 12.4 Å². The fourth-order valence-corrected chi connectivity index (χ4v) is 4.03. The van der Waals surface area contributed by atoms with Crippen molar-refractivity contribution >= 4 is 22.7 Å². The smallest absolute Gasteiger partial charge is 0.339 e. The molecule has 0 aliphatic heterocycles. The Morgan fingerprint density at radius 2 is 1.21 bits per heavy atom. The summed E-state index contributed by atoms with van der Waals surface area (Å²) in [5.41, 5.74) is 4.69. The van der Waals surface area contributed by atoms with Gasteiger partial charge in [0.1, 0.15) is 0 Å². The molecule has 0 atom stereocenters. The van der Waals surface area contributed by atoms with E-state index in [9.17, 15) is 9.59 Å². The molecule has 164 valence electrons. The lowest BCUT2D eigenvalue weighted by Crippen LogP contribution is -2.16. The number of carbonyl (C=O) groups is 2. The molecule has 0 spiro atoms. The molecule has 1 heterocycles. The fourth-order valence-electron chi connectivity index (χ4n) is 4.03. The number of para-hydroxylation sites is 1. The van der Waals surface area contributed by atoms with Crippen molar-refractivity contribution in [3.05, 3.63) is 126 Å². The van der Waals surface area contributed by atoms with Crippen molar-refractivity contribution in [3.8, 4) is 22.4 Å². The summed E-state index contributed by atoms with van der Waals surface area (Å²) < 4.78 is 5.59. The first kappa shape index (κ1) is 21.3. The maximum absolute atomic E-state index is 13.6. The van der Waals surface area contributed by atoms with Crippen LogP contribution in [0.25, 0.3) is 33.3 Å². The molecule has 0 saturated carbocycles. The van der Waals surface area contributed by atoms with E-state index in [0.717, 1.165) is 11.1 Å². The zero-order valence-electron chi connectivity index (χ0n) is 18.3. The standard InChI is InChI=1S/C30H21NO3/c32-26(21-12-4-1-5-13-21)20-34-30(33)28-24-18-10-11-19-25(24)31-29(23-16-8-3-9-17-23)27(28)22-14-6-2-7-15-22/h1-19H,20H2. The minimum atomic E-state index is -0.557. The molecule has 0 unspecified atom stereocenters. The van der Waals surface area contributed by atoms with Gasteiger partial charge in [-0.2, -0.15) is 0 Å². The molecular weight excluding hydrogens is 422 g/mol. The predicted molar refractivity (Wildman–Crippen MR) is 134 cm³/mol. The third-order valence-corrected chi connectivity index (χ3v) is 5.64. The third-order valence-electron chi connectivity index (χ3n) is 5.64. The normalized spacial score (nSPS) is 10.7. The lowest BCUT2D eigenvalue weighted by Gasteiger charge is -2.17. The van der Waals surface area contributed by atoms with E-state index in [4.69, 9.17) is 9.72 Å². The van der Waals surface area contributed by atoms with Crippen molar-refractivity contribution < 1.29 is 14.3 Å². The van der Waals surface area contributed by atoms with Gasteiger partial charge in [0.2, 0.25) is 0 Å². The minimum absolute atomic E-state index is 0.253. The number of hydrogen-bond donors (Lipinski definition) is 0. The fraction of sp³-hybridized carbons (Fsp3) is 0.0333. The second kappa shape index (κ2) is 9.51. The summed E-state index contributed by atoms with van der Waals surface area (Å²) in [5.74, 6) is -0.809. The van der Waals surface area contributed by atoms with Gasteiger partial charge in [0, 0.05) is 22.1 Å². The highest BCUT2D eigenvalue weighted by atomic mass is 16.5. The van der Waals surface area contributed by atoms with Gasteiger partial charge in [-0.15, -0.1) is 0 Å². The topological polar surface area (TPSA) is 56.3 Å². The molecule has 1 aromatic heterocycles. The van der Waals surface area contributed by atoms with Crippen LogP contribution in [-0.4, -0.2) is 23.3 Å². The van der Waals surface area contributed by atoms with Gasteiger partial charge in [0.25, 0.3) is 0 Å². The Kier molecular flexibility index (Phi) is 5.95. The van der Waals surface area contributed by atoms with Gasteiger partial charge >= 0.3 is 5.97 Å². The van der Waals surface area contributed by atoms with Gasteiger partial charge in [-0.25, -0.2) is 9.78 Å². The SMILES string of the molecule is O=C(COC(=O)c1c(-c2ccccc2)c(-c2ccccc2)nc2ccccc12)c1ccccc1. The maximum Gasteiger partial charge on any atom is 0.339 e. The molecule has 34 heavy (non-hydrogen) atoms. The minimum Gasteiger partial charge on any atom is -0.454 e.